The molecular weight excluding hydrogens is 245 g/mol. The molecule has 2 aromatic carbocycles. The van der Waals surface area contributed by atoms with Gasteiger partial charge in [-0.3, -0.25) is 4.90 Å². The SMILES string of the molecule is CN(C(=O)Nc1cccc(F)c1)c1cccc(N)c1. The van der Waals surface area contributed by atoms with Crippen molar-refractivity contribution in [2.24, 2.45) is 0 Å². The highest BCUT2D eigenvalue weighted by Crippen LogP contribution is 2.17. The number of hydrogen-bond donors (Lipinski definition) is 2. The van der Waals surface area contributed by atoms with Crippen molar-refractivity contribution in [3.63, 3.8) is 0 Å². The normalized spacial score (nSPS) is 10.0. The summed E-state index contributed by atoms with van der Waals surface area (Å²) in [7, 11) is 1.61. The van der Waals surface area contributed by atoms with Crippen molar-refractivity contribution in [2.45, 2.75) is 0 Å². The molecule has 5 heteroatoms. The number of rotatable bonds is 2. The monoisotopic (exact) mass is 259 g/mol. The topological polar surface area (TPSA) is 58.4 Å². The maximum absolute atomic E-state index is 13.0. The Morgan fingerprint density at radius 2 is 1.95 bits per heavy atom. The van der Waals surface area contributed by atoms with Crippen molar-refractivity contribution in [1.29, 1.82) is 0 Å². The zero-order chi connectivity index (χ0) is 13.8. The van der Waals surface area contributed by atoms with E-state index >= 15 is 0 Å². The standard InChI is InChI=1S/C14H14FN3O/c1-18(13-7-3-5-11(16)9-13)14(19)17-12-6-2-4-10(15)8-12/h2-9H,16H2,1H3,(H,17,19). The summed E-state index contributed by atoms with van der Waals surface area (Å²) in [6.45, 7) is 0. The molecule has 0 aliphatic heterocycles. The van der Waals surface area contributed by atoms with Crippen LogP contribution in [0.2, 0.25) is 0 Å². The Morgan fingerprint density at radius 3 is 2.63 bits per heavy atom. The molecule has 3 N–H and O–H groups in total. The van der Waals surface area contributed by atoms with E-state index in [1.807, 2.05) is 0 Å². The van der Waals surface area contributed by atoms with Gasteiger partial charge in [-0.15, -0.1) is 0 Å². The number of nitrogens with two attached hydrogens (primary N) is 1. The number of anilines is 3. The largest absolute Gasteiger partial charge is 0.399 e. The number of halogens is 1. The molecule has 98 valence electrons. The summed E-state index contributed by atoms with van der Waals surface area (Å²) in [6.07, 6.45) is 0. The molecule has 0 atom stereocenters. The maximum Gasteiger partial charge on any atom is 0.326 e. The van der Waals surface area contributed by atoms with Gasteiger partial charge in [0, 0.05) is 24.1 Å². The van der Waals surface area contributed by atoms with Crippen LogP contribution in [0.4, 0.5) is 26.2 Å². The first-order valence-electron chi connectivity index (χ1n) is 5.72. The van der Waals surface area contributed by atoms with E-state index in [-0.39, 0.29) is 6.03 Å². The number of carbonyl (C=O) groups excluding carboxylic acids is 1. The van der Waals surface area contributed by atoms with E-state index < -0.39 is 5.82 Å². The first kappa shape index (κ1) is 12.9. The van der Waals surface area contributed by atoms with E-state index in [1.165, 1.54) is 23.1 Å². The quantitative estimate of drug-likeness (QED) is 0.814. The van der Waals surface area contributed by atoms with Crippen LogP contribution in [0.1, 0.15) is 0 Å². The number of benzene rings is 2. The molecule has 2 amide bonds. The van der Waals surface area contributed by atoms with Crippen molar-refractivity contribution < 1.29 is 9.18 Å². The summed E-state index contributed by atoms with van der Waals surface area (Å²) >= 11 is 0. The molecule has 0 aromatic heterocycles. The molecule has 2 aromatic rings. The molecule has 0 heterocycles. The van der Waals surface area contributed by atoms with Gasteiger partial charge in [0.25, 0.3) is 0 Å². The predicted molar refractivity (Wildman–Crippen MR) is 74.7 cm³/mol. The Bertz CT molecular complexity index is 601. The summed E-state index contributed by atoms with van der Waals surface area (Å²) < 4.78 is 13.0. The van der Waals surface area contributed by atoms with Gasteiger partial charge >= 0.3 is 6.03 Å². The first-order valence-corrected chi connectivity index (χ1v) is 5.72. The van der Waals surface area contributed by atoms with Gasteiger partial charge in [-0.1, -0.05) is 12.1 Å². The van der Waals surface area contributed by atoms with Gasteiger partial charge in [0.05, 0.1) is 0 Å². The molecule has 0 saturated carbocycles. The first-order chi connectivity index (χ1) is 9.06. The van der Waals surface area contributed by atoms with E-state index in [0.29, 0.717) is 17.1 Å². The Morgan fingerprint density at radius 1 is 1.21 bits per heavy atom. The van der Waals surface area contributed by atoms with Crippen molar-refractivity contribution in [1.82, 2.24) is 0 Å². The summed E-state index contributed by atoms with van der Waals surface area (Å²) in [4.78, 5) is 13.4. The summed E-state index contributed by atoms with van der Waals surface area (Å²) in [5.74, 6) is -0.399. The van der Waals surface area contributed by atoms with Crippen molar-refractivity contribution >= 4 is 23.1 Å². The van der Waals surface area contributed by atoms with E-state index in [1.54, 1.807) is 37.4 Å². The Kier molecular flexibility index (Phi) is 3.66. The molecule has 0 aliphatic carbocycles. The van der Waals surface area contributed by atoms with Crippen LogP contribution < -0.4 is 16.0 Å². The van der Waals surface area contributed by atoms with Gasteiger partial charge in [0.1, 0.15) is 5.82 Å². The third-order valence-electron chi connectivity index (χ3n) is 2.64. The third kappa shape index (κ3) is 3.22. The molecule has 0 aliphatic rings. The van der Waals surface area contributed by atoms with Crippen LogP contribution in [0.3, 0.4) is 0 Å². The van der Waals surface area contributed by atoms with Crippen molar-refractivity contribution in [3.05, 3.63) is 54.3 Å². The van der Waals surface area contributed by atoms with Crippen molar-refractivity contribution in [2.75, 3.05) is 23.0 Å². The second kappa shape index (κ2) is 5.39. The predicted octanol–water partition coefficient (Wildman–Crippen LogP) is 3.08. The molecule has 0 unspecified atom stereocenters. The minimum absolute atomic E-state index is 0.365. The Balaban J connectivity index is 2.12. The zero-order valence-electron chi connectivity index (χ0n) is 10.4. The number of amides is 2. The zero-order valence-corrected chi connectivity index (χ0v) is 10.4. The average molecular weight is 259 g/mol. The molecule has 19 heavy (non-hydrogen) atoms. The molecule has 4 nitrogen and oxygen atoms in total. The molecule has 0 bridgehead atoms. The fourth-order valence-electron chi connectivity index (χ4n) is 1.62. The van der Waals surface area contributed by atoms with E-state index in [2.05, 4.69) is 5.32 Å². The van der Waals surface area contributed by atoms with E-state index in [9.17, 15) is 9.18 Å². The molecule has 0 fully saturated rings. The van der Waals surface area contributed by atoms with Crippen LogP contribution in [-0.4, -0.2) is 13.1 Å². The van der Waals surface area contributed by atoms with Gasteiger partial charge in [0.2, 0.25) is 0 Å². The fraction of sp³-hybridized carbons (Fsp3) is 0.0714. The number of urea groups is 1. The Hall–Kier alpha value is -2.56. The van der Waals surface area contributed by atoms with Gasteiger partial charge < -0.3 is 11.1 Å². The van der Waals surface area contributed by atoms with E-state index in [0.717, 1.165) is 0 Å². The van der Waals surface area contributed by atoms with Crippen LogP contribution in [0, 0.1) is 5.82 Å². The van der Waals surface area contributed by atoms with Gasteiger partial charge in [0.15, 0.2) is 0 Å². The molecular formula is C14H14FN3O. The summed E-state index contributed by atoms with van der Waals surface area (Å²) in [6, 6.07) is 12.3. The second-order valence-electron chi connectivity index (χ2n) is 4.09. The lowest BCUT2D eigenvalue weighted by Gasteiger charge is -2.18. The number of nitrogens with one attached hydrogen (secondary N) is 1. The van der Waals surface area contributed by atoms with Crippen LogP contribution in [0.25, 0.3) is 0 Å². The lowest BCUT2D eigenvalue weighted by molar-refractivity contribution is 0.258. The smallest absolute Gasteiger partial charge is 0.326 e. The van der Waals surface area contributed by atoms with E-state index in [4.69, 9.17) is 5.73 Å². The average Bonchev–Trinajstić information content (AvgIpc) is 2.38. The Labute approximate surface area is 110 Å². The highest BCUT2D eigenvalue weighted by Gasteiger charge is 2.11. The number of hydrogen-bond acceptors (Lipinski definition) is 2. The third-order valence-corrected chi connectivity index (χ3v) is 2.64. The molecule has 0 saturated heterocycles. The van der Waals surface area contributed by atoms with Gasteiger partial charge in [-0.2, -0.15) is 0 Å². The number of nitrogen functional groups attached to an aromatic ring is 1. The number of nitrogens with zero attached hydrogens (tertiary/aromatic N) is 1. The fourth-order valence-corrected chi connectivity index (χ4v) is 1.62. The van der Waals surface area contributed by atoms with Crippen LogP contribution >= 0.6 is 0 Å². The lowest BCUT2D eigenvalue weighted by Crippen LogP contribution is -2.31. The summed E-state index contributed by atoms with van der Waals surface area (Å²) in [5, 5.41) is 2.61. The molecule has 0 radical (unpaired) electrons. The van der Waals surface area contributed by atoms with Gasteiger partial charge in [-0.25, -0.2) is 9.18 Å². The van der Waals surface area contributed by atoms with Crippen LogP contribution in [-0.2, 0) is 0 Å². The molecule has 0 spiro atoms. The second-order valence-corrected chi connectivity index (χ2v) is 4.09. The minimum atomic E-state index is -0.399. The lowest BCUT2D eigenvalue weighted by atomic mass is 10.2. The van der Waals surface area contributed by atoms with Crippen LogP contribution in [0.5, 0.6) is 0 Å². The van der Waals surface area contributed by atoms with Crippen LogP contribution in [0.15, 0.2) is 48.5 Å². The van der Waals surface area contributed by atoms with Crippen molar-refractivity contribution in [3.8, 4) is 0 Å². The number of carbonyl (C=O) groups is 1. The summed E-state index contributed by atoms with van der Waals surface area (Å²) in [5.41, 5.74) is 7.30. The highest BCUT2D eigenvalue weighted by molar-refractivity contribution is 6.01. The minimum Gasteiger partial charge on any atom is -0.399 e. The highest BCUT2D eigenvalue weighted by atomic mass is 19.1. The maximum atomic E-state index is 13.0. The molecule has 2 rings (SSSR count). The van der Waals surface area contributed by atoms with Gasteiger partial charge in [-0.05, 0) is 36.4 Å².